The molecule has 0 aliphatic carbocycles. The number of likely N-dealkylation sites (tertiary alicyclic amines) is 1. The Morgan fingerprint density at radius 1 is 1.27 bits per heavy atom. The number of nitrogens with zero attached hydrogens (tertiary/aromatic N) is 4. The highest BCUT2D eigenvalue weighted by Gasteiger charge is 2.23. The topological polar surface area (TPSA) is 54.2 Å². The van der Waals surface area contributed by atoms with Crippen LogP contribution in [0.2, 0.25) is 0 Å². The molecular weight excluding hydrogens is 283 g/mol. The van der Waals surface area contributed by atoms with Gasteiger partial charge in [0.05, 0.1) is 6.10 Å². The maximum absolute atomic E-state index is 13.7. The minimum atomic E-state index is -0.770. The summed E-state index contributed by atoms with van der Waals surface area (Å²) in [5, 5.41) is 14.4. The second-order valence-electron chi connectivity index (χ2n) is 5.90. The Balaban J connectivity index is 1.48. The Morgan fingerprint density at radius 2 is 2.05 bits per heavy atom. The molecule has 0 amide bonds. The van der Waals surface area contributed by atoms with Gasteiger partial charge >= 0.3 is 0 Å². The molecule has 3 rings (SSSR count). The molecular formula is C16H21FN4O. The molecule has 1 aromatic heterocycles. The van der Waals surface area contributed by atoms with Gasteiger partial charge in [0.1, 0.15) is 18.5 Å². The zero-order chi connectivity index (χ0) is 15.4. The lowest BCUT2D eigenvalue weighted by atomic mass is 9.96. The van der Waals surface area contributed by atoms with Crippen LogP contribution >= 0.6 is 0 Å². The SMILES string of the molecule is OC(CN1CCC(Cn2cncn2)CC1)c1ccccc1F. The minimum absolute atomic E-state index is 0.337. The number of halogens is 1. The van der Waals surface area contributed by atoms with Crippen LogP contribution in [0.1, 0.15) is 24.5 Å². The third-order valence-electron chi connectivity index (χ3n) is 4.31. The monoisotopic (exact) mass is 304 g/mol. The van der Waals surface area contributed by atoms with Crippen LogP contribution in [0.3, 0.4) is 0 Å². The van der Waals surface area contributed by atoms with Gasteiger partial charge in [0.15, 0.2) is 0 Å². The van der Waals surface area contributed by atoms with Gasteiger partial charge in [-0.05, 0) is 37.9 Å². The van der Waals surface area contributed by atoms with Gasteiger partial charge in [0.2, 0.25) is 0 Å². The molecule has 2 heterocycles. The number of rotatable bonds is 5. The van der Waals surface area contributed by atoms with E-state index >= 15 is 0 Å². The van der Waals surface area contributed by atoms with E-state index in [1.807, 2.05) is 4.68 Å². The molecule has 0 saturated carbocycles. The van der Waals surface area contributed by atoms with Gasteiger partial charge in [-0.25, -0.2) is 9.37 Å². The van der Waals surface area contributed by atoms with Crippen molar-refractivity contribution >= 4 is 0 Å². The molecule has 1 aliphatic heterocycles. The third-order valence-corrected chi connectivity index (χ3v) is 4.31. The average Bonchev–Trinajstić information content (AvgIpc) is 3.02. The van der Waals surface area contributed by atoms with Gasteiger partial charge < -0.3 is 10.0 Å². The van der Waals surface area contributed by atoms with Crippen LogP contribution in [0.4, 0.5) is 4.39 Å². The molecule has 0 spiro atoms. The molecule has 1 aromatic carbocycles. The summed E-state index contributed by atoms with van der Waals surface area (Å²) in [6.07, 6.45) is 4.65. The van der Waals surface area contributed by atoms with E-state index in [4.69, 9.17) is 0 Å². The van der Waals surface area contributed by atoms with Gasteiger partial charge in [-0.15, -0.1) is 0 Å². The normalized spacial score (nSPS) is 18.5. The van der Waals surface area contributed by atoms with E-state index in [2.05, 4.69) is 15.0 Å². The van der Waals surface area contributed by atoms with Crippen LogP contribution in [0.25, 0.3) is 0 Å². The van der Waals surface area contributed by atoms with E-state index in [0.29, 0.717) is 18.0 Å². The van der Waals surface area contributed by atoms with Crippen LogP contribution < -0.4 is 0 Å². The van der Waals surface area contributed by atoms with Crippen molar-refractivity contribution in [1.29, 1.82) is 0 Å². The predicted molar refractivity (Wildman–Crippen MR) is 80.5 cm³/mol. The molecule has 1 fully saturated rings. The number of aromatic nitrogens is 3. The molecule has 1 N–H and O–H groups in total. The van der Waals surface area contributed by atoms with E-state index < -0.39 is 6.10 Å². The zero-order valence-corrected chi connectivity index (χ0v) is 12.5. The highest BCUT2D eigenvalue weighted by atomic mass is 19.1. The molecule has 118 valence electrons. The fraction of sp³-hybridized carbons (Fsp3) is 0.500. The van der Waals surface area contributed by atoms with Crippen molar-refractivity contribution in [2.75, 3.05) is 19.6 Å². The summed E-state index contributed by atoms with van der Waals surface area (Å²) >= 11 is 0. The summed E-state index contributed by atoms with van der Waals surface area (Å²) in [4.78, 5) is 6.16. The molecule has 22 heavy (non-hydrogen) atoms. The van der Waals surface area contributed by atoms with Gasteiger partial charge in [0, 0.05) is 18.7 Å². The number of hydrogen-bond acceptors (Lipinski definition) is 4. The number of β-amino-alcohol motifs (C(OH)–C–C–N with tert-alkyl or cyclic N) is 1. The fourth-order valence-electron chi connectivity index (χ4n) is 3.03. The lowest BCUT2D eigenvalue weighted by Crippen LogP contribution is -2.37. The van der Waals surface area contributed by atoms with Gasteiger partial charge in [-0.3, -0.25) is 4.68 Å². The Labute approximate surface area is 129 Å². The summed E-state index contributed by atoms with van der Waals surface area (Å²) in [7, 11) is 0. The summed E-state index contributed by atoms with van der Waals surface area (Å²) in [5.74, 6) is 0.250. The van der Waals surface area contributed by atoms with Crippen molar-refractivity contribution in [1.82, 2.24) is 19.7 Å². The standard InChI is InChI=1S/C16H21FN4O/c17-15-4-2-1-3-14(15)16(22)10-20-7-5-13(6-8-20)9-21-12-18-11-19-21/h1-4,11-13,16,22H,5-10H2. The lowest BCUT2D eigenvalue weighted by Gasteiger charge is -2.33. The maximum Gasteiger partial charge on any atom is 0.137 e. The van der Waals surface area contributed by atoms with Crippen LogP contribution in [0.15, 0.2) is 36.9 Å². The molecule has 1 saturated heterocycles. The summed E-state index contributed by atoms with van der Waals surface area (Å²) < 4.78 is 15.5. The first kappa shape index (κ1) is 15.1. The molecule has 1 atom stereocenters. The minimum Gasteiger partial charge on any atom is -0.387 e. The third kappa shape index (κ3) is 3.69. The molecule has 1 aliphatic rings. The second-order valence-corrected chi connectivity index (χ2v) is 5.90. The molecule has 5 nitrogen and oxygen atoms in total. The van der Waals surface area contributed by atoms with Gasteiger partial charge in [-0.2, -0.15) is 5.10 Å². The van der Waals surface area contributed by atoms with E-state index in [9.17, 15) is 9.50 Å². The maximum atomic E-state index is 13.7. The predicted octanol–water partition coefficient (Wildman–Crippen LogP) is 1.86. The van der Waals surface area contributed by atoms with E-state index in [1.54, 1.807) is 30.9 Å². The summed E-state index contributed by atoms with van der Waals surface area (Å²) in [5.41, 5.74) is 0.382. The molecule has 1 unspecified atom stereocenters. The first-order valence-corrected chi connectivity index (χ1v) is 7.69. The largest absolute Gasteiger partial charge is 0.387 e. The van der Waals surface area contributed by atoms with E-state index in [0.717, 1.165) is 32.5 Å². The average molecular weight is 304 g/mol. The lowest BCUT2D eigenvalue weighted by molar-refractivity contribution is 0.0839. The van der Waals surface area contributed by atoms with Crippen molar-refractivity contribution in [2.45, 2.75) is 25.5 Å². The molecule has 0 bridgehead atoms. The van der Waals surface area contributed by atoms with Crippen LogP contribution in [-0.4, -0.2) is 44.4 Å². The second kappa shape index (κ2) is 6.98. The number of piperidine rings is 1. The number of benzene rings is 1. The number of aliphatic hydroxyl groups is 1. The van der Waals surface area contributed by atoms with Crippen LogP contribution in [0.5, 0.6) is 0 Å². The van der Waals surface area contributed by atoms with Crippen molar-refractivity contribution < 1.29 is 9.50 Å². The molecule has 2 aromatic rings. The fourth-order valence-corrected chi connectivity index (χ4v) is 3.03. The van der Waals surface area contributed by atoms with Gasteiger partial charge in [0.25, 0.3) is 0 Å². The quantitative estimate of drug-likeness (QED) is 0.916. The summed E-state index contributed by atoms with van der Waals surface area (Å²) in [6, 6.07) is 6.44. The zero-order valence-electron chi connectivity index (χ0n) is 12.5. The first-order valence-electron chi connectivity index (χ1n) is 7.69. The van der Waals surface area contributed by atoms with E-state index in [1.165, 1.54) is 6.07 Å². The van der Waals surface area contributed by atoms with Crippen molar-refractivity contribution in [3.05, 3.63) is 48.3 Å². The highest BCUT2D eigenvalue weighted by Crippen LogP contribution is 2.22. The van der Waals surface area contributed by atoms with Crippen molar-refractivity contribution in [3.63, 3.8) is 0 Å². The summed E-state index contributed by atoms with van der Waals surface area (Å²) in [6.45, 7) is 3.22. The van der Waals surface area contributed by atoms with Crippen LogP contribution in [-0.2, 0) is 6.54 Å². The van der Waals surface area contributed by atoms with Crippen molar-refractivity contribution in [3.8, 4) is 0 Å². The molecule has 0 radical (unpaired) electrons. The molecule has 6 heteroatoms. The number of aliphatic hydroxyl groups excluding tert-OH is 1. The Bertz CT molecular complexity index is 582. The Hall–Kier alpha value is -1.79. The Kier molecular flexibility index (Phi) is 4.80. The first-order chi connectivity index (χ1) is 10.7. The van der Waals surface area contributed by atoms with Crippen LogP contribution in [0, 0.1) is 11.7 Å². The highest BCUT2D eigenvalue weighted by molar-refractivity contribution is 5.20. The number of hydrogen-bond donors (Lipinski definition) is 1. The van der Waals surface area contributed by atoms with Gasteiger partial charge in [-0.1, -0.05) is 18.2 Å². The smallest absolute Gasteiger partial charge is 0.137 e. The van der Waals surface area contributed by atoms with Crippen molar-refractivity contribution in [2.24, 2.45) is 5.92 Å². The Morgan fingerprint density at radius 3 is 2.73 bits per heavy atom. The van der Waals surface area contributed by atoms with E-state index in [-0.39, 0.29) is 5.82 Å².